The standard InChI is InChI=1S/C16H20N4O/c17-10-13-9-12-5-4-6-14(12)19-16(13)18-11-15(21)20-7-2-1-3-8-20/h9H,1-8,11H2,(H,18,19). The smallest absolute Gasteiger partial charge is 0.241 e. The second kappa shape index (κ2) is 6.13. The number of hydrogen-bond acceptors (Lipinski definition) is 4. The zero-order valence-corrected chi connectivity index (χ0v) is 12.2. The van der Waals surface area contributed by atoms with Gasteiger partial charge in [0.05, 0.1) is 12.1 Å². The molecule has 0 atom stereocenters. The molecule has 0 saturated carbocycles. The van der Waals surface area contributed by atoms with E-state index in [0.717, 1.165) is 50.9 Å². The minimum absolute atomic E-state index is 0.0980. The van der Waals surface area contributed by atoms with Crippen molar-refractivity contribution in [3.8, 4) is 6.07 Å². The summed E-state index contributed by atoms with van der Waals surface area (Å²) in [6, 6.07) is 4.10. The zero-order valence-electron chi connectivity index (χ0n) is 12.2. The number of aryl methyl sites for hydroxylation is 2. The Bertz CT molecular complexity index is 585. The highest BCUT2D eigenvalue weighted by molar-refractivity contribution is 5.81. The molecule has 1 saturated heterocycles. The molecule has 0 bridgehead atoms. The van der Waals surface area contributed by atoms with Crippen LogP contribution in [0.4, 0.5) is 5.82 Å². The lowest BCUT2D eigenvalue weighted by Gasteiger charge is -2.26. The summed E-state index contributed by atoms with van der Waals surface area (Å²) in [5.74, 6) is 0.657. The summed E-state index contributed by atoms with van der Waals surface area (Å²) in [5.41, 5.74) is 2.79. The molecule has 5 nitrogen and oxygen atoms in total. The number of anilines is 1. The molecule has 1 aromatic rings. The van der Waals surface area contributed by atoms with Gasteiger partial charge in [0.1, 0.15) is 11.9 Å². The molecular formula is C16H20N4O. The number of nitriles is 1. The van der Waals surface area contributed by atoms with Crippen molar-refractivity contribution in [1.82, 2.24) is 9.88 Å². The number of aromatic nitrogens is 1. The Morgan fingerprint density at radius 3 is 2.86 bits per heavy atom. The van der Waals surface area contributed by atoms with Crippen molar-refractivity contribution >= 4 is 11.7 Å². The van der Waals surface area contributed by atoms with Crippen molar-refractivity contribution in [2.45, 2.75) is 38.5 Å². The van der Waals surface area contributed by atoms with Crippen LogP contribution in [0.1, 0.15) is 42.5 Å². The molecule has 110 valence electrons. The van der Waals surface area contributed by atoms with E-state index in [9.17, 15) is 10.1 Å². The number of rotatable bonds is 3. The largest absolute Gasteiger partial charge is 0.360 e. The van der Waals surface area contributed by atoms with Crippen molar-refractivity contribution in [1.29, 1.82) is 5.26 Å². The van der Waals surface area contributed by atoms with Gasteiger partial charge >= 0.3 is 0 Å². The van der Waals surface area contributed by atoms with E-state index < -0.39 is 0 Å². The molecule has 1 aliphatic heterocycles. The van der Waals surface area contributed by atoms with Crippen LogP contribution in [0.15, 0.2) is 6.07 Å². The lowest BCUT2D eigenvalue weighted by Crippen LogP contribution is -2.39. The summed E-state index contributed by atoms with van der Waals surface area (Å²) in [5, 5.41) is 12.3. The van der Waals surface area contributed by atoms with E-state index in [1.54, 1.807) is 0 Å². The van der Waals surface area contributed by atoms with Crippen LogP contribution in [-0.2, 0) is 17.6 Å². The Hall–Kier alpha value is -2.09. The van der Waals surface area contributed by atoms with Crippen molar-refractivity contribution in [2.75, 3.05) is 25.0 Å². The number of amides is 1. The van der Waals surface area contributed by atoms with Gasteiger partial charge in [0.15, 0.2) is 0 Å². The third kappa shape index (κ3) is 2.99. The van der Waals surface area contributed by atoms with E-state index in [2.05, 4.69) is 16.4 Å². The van der Waals surface area contributed by atoms with Gasteiger partial charge in [-0.25, -0.2) is 4.98 Å². The predicted molar refractivity (Wildman–Crippen MR) is 79.9 cm³/mol. The molecule has 1 aromatic heterocycles. The van der Waals surface area contributed by atoms with Gasteiger partial charge in [-0.05, 0) is 50.2 Å². The lowest BCUT2D eigenvalue weighted by molar-refractivity contribution is -0.130. The molecule has 21 heavy (non-hydrogen) atoms. The van der Waals surface area contributed by atoms with E-state index in [-0.39, 0.29) is 12.5 Å². The molecule has 0 radical (unpaired) electrons. The maximum absolute atomic E-state index is 12.2. The van der Waals surface area contributed by atoms with Crippen LogP contribution >= 0.6 is 0 Å². The highest BCUT2D eigenvalue weighted by atomic mass is 16.2. The molecule has 2 heterocycles. The first kappa shape index (κ1) is 13.9. The van der Waals surface area contributed by atoms with E-state index in [0.29, 0.717) is 11.4 Å². The van der Waals surface area contributed by atoms with E-state index in [1.165, 1.54) is 12.0 Å². The number of carbonyl (C=O) groups is 1. The Morgan fingerprint density at radius 1 is 1.29 bits per heavy atom. The molecule has 1 amide bonds. The SMILES string of the molecule is N#Cc1cc2c(nc1NCC(=O)N1CCCCC1)CCC2. The van der Waals surface area contributed by atoms with Gasteiger partial charge in [-0.15, -0.1) is 0 Å². The normalized spacial score (nSPS) is 17.2. The molecule has 5 heteroatoms. The number of nitrogens with one attached hydrogen (secondary N) is 1. The summed E-state index contributed by atoms with van der Waals surface area (Å²) in [4.78, 5) is 18.6. The summed E-state index contributed by atoms with van der Waals surface area (Å²) < 4.78 is 0. The second-order valence-corrected chi connectivity index (χ2v) is 5.75. The van der Waals surface area contributed by atoms with Gasteiger partial charge in [-0.3, -0.25) is 4.79 Å². The molecule has 1 fully saturated rings. The Kier molecular flexibility index (Phi) is 4.05. The molecule has 3 rings (SSSR count). The minimum atomic E-state index is 0.0980. The Balaban J connectivity index is 1.67. The number of fused-ring (bicyclic) bond motifs is 1. The van der Waals surface area contributed by atoms with Crippen LogP contribution in [0.5, 0.6) is 0 Å². The van der Waals surface area contributed by atoms with Crippen LogP contribution in [-0.4, -0.2) is 35.4 Å². The van der Waals surface area contributed by atoms with Crippen LogP contribution in [0.2, 0.25) is 0 Å². The monoisotopic (exact) mass is 284 g/mol. The second-order valence-electron chi connectivity index (χ2n) is 5.75. The molecule has 0 spiro atoms. The van der Waals surface area contributed by atoms with Crippen LogP contribution in [0.25, 0.3) is 0 Å². The molecule has 1 N–H and O–H groups in total. The summed E-state index contributed by atoms with van der Waals surface area (Å²) in [7, 11) is 0. The number of nitrogens with zero attached hydrogens (tertiary/aromatic N) is 3. The number of pyridine rings is 1. The quantitative estimate of drug-likeness (QED) is 0.920. The molecule has 2 aliphatic rings. The number of piperidine rings is 1. The van der Waals surface area contributed by atoms with Gasteiger partial charge in [0, 0.05) is 18.8 Å². The van der Waals surface area contributed by atoms with Gasteiger partial charge in [0.2, 0.25) is 5.91 Å². The first-order chi connectivity index (χ1) is 10.3. The Labute approximate surface area is 125 Å². The van der Waals surface area contributed by atoms with E-state index >= 15 is 0 Å². The average molecular weight is 284 g/mol. The fourth-order valence-corrected chi connectivity index (χ4v) is 3.11. The highest BCUT2D eigenvalue weighted by Crippen LogP contribution is 2.24. The number of hydrogen-bond donors (Lipinski definition) is 1. The summed E-state index contributed by atoms with van der Waals surface area (Å²) in [6.45, 7) is 1.92. The van der Waals surface area contributed by atoms with Gasteiger partial charge in [0.25, 0.3) is 0 Å². The van der Waals surface area contributed by atoms with Crippen molar-refractivity contribution < 1.29 is 4.79 Å². The van der Waals surface area contributed by atoms with Gasteiger partial charge < -0.3 is 10.2 Å². The zero-order chi connectivity index (χ0) is 14.7. The number of carbonyl (C=O) groups excluding carboxylic acids is 1. The van der Waals surface area contributed by atoms with Crippen LogP contribution in [0, 0.1) is 11.3 Å². The maximum Gasteiger partial charge on any atom is 0.241 e. The summed E-state index contributed by atoms with van der Waals surface area (Å²) in [6.07, 6.45) is 6.46. The highest BCUT2D eigenvalue weighted by Gasteiger charge is 2.19. The Morgan fingerprint density at radius 2 is 2.10 bits per heavy atom. The van der Waals surface area contributed by atoms with Crippen molar-refractivity contribution in [3.05, 3.63) is 22.9 Å². The van der Waals surface area contributed by atoms with E-state index in [1.807, 2.05) is 11.0 Å². The fourth-order valence-electron chi connectivity index (χ4n) is 3.11. The van der Waals surface area contributed by atoms with E-state index in [4.69, 9.17) is 0 Å². The maximum atomic E-state index is 12.2. The first-order valence-corrected chi connectivity index (χ1v) is 7.72. The summed E-state index contributed by atoms with van der Waals surface area (Å²) >= 11 is 0. The van der Waals surface area contributed by atoms with Crippen LogP contribution in [0.3, 0.4) is 0 Å². The molecule has 1 aliphatic carbocycles. The lowest BCUT2D eigenvalue weighted by atomic mass is 10.1. The van der Waals surface area contributed by atoms with Gasteiger partial charge in [-0.2, -0.15) is 5.26 Å². The van der Waals surface area contributed by atoms with Crippen molar-refractivity contribution in [3.63, 3.8) is 0 Å². The first-order valence-electron chi connectivity index (χ1n) is 7.72. The topological polar surface area (TPSA) is 69.0 Å². The third-order valence-electron chi connectivity index (χ3n) is 4.29. The molecule has 0 aromatic carbocycles. The van der Waals surface area contributed by atoms with Gasteiger partial charge in [-0.1, -0.05) is 0 Å². The molecule has 0 unspecified atom stereocenters. The van der Waals surface area contributed by atoms with Crippen molar-refractivity contribution in [2.24, 2.45) is 0 Å². The predicted octanol–water partition coefficient (Wildman–Crippen LogP) is 1.87. The molecular weight excluding hydrogens is 264 g/mol. The fraction of sp³-hybridized carbons (Fsp3) is 0.562. The van der Waals surface area contributed by atoms with Crippen LogP contribution < -0.4 is 5.32 Å². The average Bonchev–Trinajstić information content (AvgIpc) is 2.99. The minimum Gasteiger partial charge on any atom is -0.360 e. The number of likely N-dealkylation sites (tertiary alicyclic amines) is 1. The third-order valence-corrected chi connectivity index (χ3v) is 4.29.